The summed E-state index contributed by atoms with van der Waals surface area (Å²) >= 11 is 0. The summed E-state index contributed by atoms with van der Waals surface area (Å²) in [5, 5.41) is 0. The van der Waals surface area contributed by atoms with E-state index in [0.717, 1.165) is 18.4 Å². The van der Waals surface area contributed by atoms with E-state index in [9.17, 15) is 9.59 Å². The van der Waals surface area contributed by atoms with Crippen molar-refractivity contribution in [1.29, 1.82) is 0 Å². The third-order valence-electron chi connectivity index (χ3n) is 4.52. The van der Waals surface area contributed by atoms with E-state index in [1.54, 1.807) is 0 Å². The summed E-state index contributed by atoms with van der Waals surface area (Å²) in [6, 6.07) is 9.59. The van der Waals surface area contributed by atoms with Crippen LogP contribution in [0.5, 0.6) is 0 Å². The van der Waals surface area contributed by atoms with E-state index in [-0.39, 0.29) is 31.6 Å². The summed E-state index contributed by atoms with van der Waals surface area (Å²) in [6.07, 6.45) is 12.4. The summed E-state index contributed by atoms with van der Waals surface area (Å²) in [5.74, 6) is -0.413. The van der Waals surface area contributed by atoms with Gasteiger partial charge in [-0.3, -0.25) is 9.59 Å². The first kappa shape index (κ1) is 23.2. The van der Waals surface area contributed by atoms with Crippen LogP contribution in [-0.4, -0.2) is 18.5 Å². The molecule has 4 heteroatoms. The first-order chi connectivity index (χ1) is 13.2. The summed E-state index contributed by atoms with van der Waals surface area (Å²) in [5.41, 5.74) is 0.971. The first-order valence-corrected chi connectivity index (χ1v) is 10.6. The first-order valence-electron chi connectivity index (χ1n) is 10.6. The van der Waals surface area contributed by atoms with Crippen molar-refractivity contribution in [2.45, 2.75) is 90.6 Å². The van der Waals surface area contributed by atoms with E-state index in [1.807, 2.05) is 30.3 Å². The van der Waals surface area contributed by atoms with Gasteiger partial charge in [0.1, 0.15) is 6.61 Å². The van der Waals surface area contributed by atoms with Gasteiger partial charge in [0.15, 0.2) is 0 Å². The van der Waals surface area contributed by atoms with Crippen LogP contribution < -0.4 is 0 Å². The summed E-state index contributed by atoms with van der Waals surface area (Å²) in [7, 11) is 0. The minimum atomic E-state index is -0.256. The number of hydrogen-bond donors (Lipinski definition) is 0. The number of benzene rings is 1. The molecule has 1 aromatic carbocycles. The van der Waals surface area contributed by atoms with Crippen molar-refractivity contribution >= 4 is 11.9 Å². The number of carbonyl (C=O) groups excluding carboxylic acids is 2. The highest BCUT2D eigenvalue weighted by Crippen LogP contribution is 2.11. The highest BCUT2D eigenvalue weighted by Gasteiger charge is 2.06. The molecule has 0 saturated carbocycles. The van der Waals surface area contributed by atoms with Crippen LogP contribution in [0.25, 0.3) is 0 Å². The molecule has 152 valence electrons. The van der Waals surface area contributed by atoms with Gasteiger partial charge in [-0.1, -0.05) is 88.6 Å². The standard InChI is InChI=1S/C23H36O4/c1-2-3-4-5-6-7-8-9-13-17-22(24)26-19-14-18-23(25)27-20-21-15-11-10-12-16-21/h10-12,15-16H,2-9,13-14,17-20H2,1H3. The molecule has 0 bridgehead atoms. The van der Waals surface area contributed by atoms with E-state index in [1.165, 1.54) is 44.9 Å². The highest BCUT2D eigenvalue weighted by molar-refractivity contribution is 5.70. The van der Waals surface area contributed by atoms with Gasteiger partial charge in [0.05, 0.1) is 6.61 Å². The normalized spacial score (nSPS) is 10.6. The molecular formula is C23H36O4. The fourth-order valence-corrected chi connectivity index (χ4v) is 2.86. The minimum Gasteiger partial charge on any atom is -0.466 e. The Balaban J connectivity index is 1.88. The second-order valence-electron chi connectivity index (χ2n) is 7.05. The second-order valence-corrected chi connectivity index (χ2v) is 7.05. The van der Waals surface area contributed by atoms with Crippen LogP contribution in [0.1, 0.15) is 89.5 Å². The quantitative estimate of drug-likeness (QED) is 0.263. The molecule has 0 aliphatic carbocycles. The maximum Gasteiger partial charge on any atom is 0.306 e. The number of esters is 2. The van der Waals surface area contributed by atoms with Gasteiger partial charge in [0.2, 0.25) is 0 Å². The maximum atomic E-state index is 11.7. The number of carbonyl (C=O) groups is 2. The van der Waals surface area contributed by atoms with E-state index in [0.29, 0.717) is 12.8 Å². The van der Waals surface area contributed by atoms with Gasteiger partial charge in [-0.05, 0) is 18.4 Å². The van der Waals surface area contributed by atoms with Crippen molar-refractivity contribution in [3.8, 4) is 0 Å². The van der Waals surface area contributed by atoms with Crippen LogP contribution in [0.3, 0.4) is 0 Å². The minimum absolute atomic E-state index is 0.157. The zero-order chi connectivity index (χ0) is 19.6. The average molecular weight is 377 g/mol. The molecule has 0 saturated heterocycles. The molecule has 0 radical (unpaired) electrons. The van der Waals surface area contributed by atoms with Gasteiger partial charge in [-0.15, -0.1) is 0 Å². The molecule has 0 aromatic heterocycles. The van der Waals surface area contributed by atoms with Crippen LogP contribution >= 0.6 is 0 Å². The predicted octanol–water partition coefficient (Wildman–Crippen LogP) is 5.97. The zero-order valence-electron chi connectivity index (χ0n) is 16.9. The maximum absolute atomic E-state index is 11.7. The summed E-state index contributed by atoms with van der Waals surface area (Å²) < 4.78 is 10.4. The molecule has 0 amide bonds. The van der Waals surface area contributed by atoms with Gasteiger partial charge >= 0.3 is 11.9 Å². The Morgan fingerprint density at radius 1 is 0.704 bits per heavy atom. The molecule has 0 aliphatic rings. The number of hydrogen-bond acceptors (Lipinski definition) is 4. The van der Waals surface area contributed by atoms with Crippen molar-refractivity contribution < 1.29 is 19.1 Å². The van der Waals surface area contributed by atoms with E-state index < -0.39 is 0 Å². The van der Waals surface area contributed by atoms with Gasteiger partial charge in [0.25, 0.3) is 0 Å². The molecule has 4 nitrogen and oxygen atoms in total. The van der Waals surface area contributed by atoms with Crippen LogP contribution in [0.4, 0.5) is 0 Å². The van der Waals surface area contributed by atoms with Crippen LogP contribution in [0.15, 0.2) is 30.3 Å². The lowest BCUT2D eigenvalue weighted by Gasteiger charge is -2.06. The van der Waals surface area contributed by atoms with E-state index >= 15 is 0 Å². The Labute approximate surface area is 164 Å². The Morgan fingerprint density at radius 2 is 1.26 bits per heavy atom. The largest absolute Gasteiger partial charge is 0.466 e. The molecule has 27 heavy (non-hydrogen) atoms. The summed E-state index contributed by atoms with van der Waals surface area (Å²) in [4.78, 5) is 23.3. The monoisotopic (exact) mass is 376 g/mol. The lowest BCUT2D eigenvalue weighted by molar-refractivity contribution is -0.148. The van der Waals surface area contributed by atoms with Gasteiger partial charge in [-0.2, -0.15) is 0 Å². The van der Waals surface area contributed by atoms with Gasteiger partial charge < -0.3 is 9.47 Å². The molecule has 0 heterocycles. The summed E-state index contributed by atoms with van der Waals surface area (Å²) in [6.45, 7) is 2.81. The van der Waals surface area contributed by atoms with E-state index in [4.69, 9.17) is 9.47 Å². The topological polar surface area (TPSA) is 52.6 Å². The van der Waals surface area contributed by atoms with Crippen molar-refractivity contribution in [3.63, 3.8) is 0 Å². The highest BCUT2D eigenvalue weighted by atomic mass is 16.5. The zero-order valence-corrected chi connectivity index (χ0v) is 16.9. The van der Waals surface area contributed by atoms with Crippen LogP contribution in [0.2, 0.25) is 0 Å². The molecule has 0 atom stereocenters. The van der Waals surface area contributed by atoms with Crippen LogP contribution in [-0.2, 0) is 25.7 Å². The average Bonchev–Trinajstić information content (AvgIpc) is 2.69. The van der Waals surface area contributed by atoms with Crippen molar-refractivity contribution in [3.05, 3.63) is 35.9 Å². The number of ether oxygens (including phenoxy) is 2. The Bertz CT molecular complexity index is 498. The Hall–Kier alpha value is -1.84. The molecule has 0 spiro atoms. The Morgan fingerprint density at radius 3 is 1.93 bits per heavy atom. The fourth-order valence-electron chi connectivity index (χ4n) is 2.86. The predicted molar refractivity (Wildman–Crippen MR) is 108 cm³/mol. The third-order valence-corrected chi connectivity index (χ3v) is 4.52. The molecule has 0 N–H and O–H groups in total. The van der Waals surface area contributed by atoms with Crippen molar-refractivity contribution in [2.24, 2.45) is 0 Å². The van der Waals surface area contributed by atoms with Crippen LogP contribution in [0, 0.1) is 0 Å². The fraction of sp³-hybridized carbons (Fsp3) is 0.652. The van der Waals surface area contributed by atoms with E-state index in [2.05, 4.69) is 6.92 Å². The van der Waals surface area contributed by atoms with Crippen molar-refractivity contribution in [2.75, 3.05) is 6.61 Å². The van der Waals surface area contributed by atoms with Gasteiger partial charge in [0, 0.05) is 12.8 Å². The van der Waals surface area contributed by atoms with Gasteiger partial charge in [-0.25, -0.2) is 0 Å². The lowest BCUT2D eigenvalue weighted by Crippen LogP contribution is -2.09. The number of unbranched alkanes of at least 4 members (excludes halogenated alkanes) is 8. The molecular weight excluding hydrogens is 340 g/mol. The van der Waals surface area contributed by atoms with Crippen molar-refractivity contribution in [1.82, 2.24) is 0 Å². The molecule has 1 aromatic rings. The number of rotatable bonds is 16. The Kier molecular flexibility index (Phi) is 14.0. The third kappa shape index (κ3) is 14.0. The molecule has 0 fully saturated rings. The molecule has 1 rings (SSSR count). The SMILES string of the molecule is CCCCCCCCCCCC(=O)OCCCC(=O)OCc1ccccc1. The lowest BCUT2D eigenvalue weighted by atomic mass is 10.1. The second kappa shape index (κ2) is 16.3. The smallest absolute Gasteiger partial charge is 0.306 e. The molecule has 0 unspecified atom stereocenters. The molecule has 0 aliphatic heterocycles.